The van der Waals surface area contributed by atoms with E-state index in [1.54, 1.807) is 19.1 Å². The van der Waals surface area contributed by atoms with Gasteiger partial charge >= 0.3 is 5.97 Å². The standard InChI is InChI=1S/C15H12ClN3O4S/c1-8-3-4-9(16)11(7-8)24(21,22)15-18-10-5-6-17-12(10)13(19-15)14(20)23-2/h3-7,17H,1-2H3. The zero-order valence-electron chi connectivity index (χ0n) is 12.7. The molecule has 0 spiro atoms. The first kappa shape index (κ1) is 16.4. The molecule has 0 aliphatic heterocycles. The highest BCUT2D eigenvalue weighted by Gasteiger charge is 2.27. The number of halogens is 1. The van der Waals surface area contributed by atoms with Crippen LogP contribution in [0.15, 0.2) is 40.5 Å². The van der Waals surface area contributed by atoms with E-state index in [4.69, 9.17) is 11.6 Å². The molecule has 0 atom stereocenters. The molecule has 2 aromatic heterocycles. The fourth-order valence-electron chi connectivity index (χ4n) is 2.20. The minimum atomic E-state index is -4.10. The van der Waals surface area contributed by atoms with Crippen LogP contribution < -0.4 is 0 Å². The van der Waals surface area contributed by atoms with E-state index in [2.05, 4.69) is 19.7 Å². The van der Waals surface area contributed by atoms with E-state index in [0.29, 0.717) is 11.1 Å². The molecule has 0 aliphatic rings. The van der Waals surface area contributed by atoms with Crippen molar-refractivity contribution < 1.29 is 17.9 Å². The van der Waals surface area contributed by atoms with Gasteiger partial charge in [-0.05, 0) is 30.7 Å². The first-order valence-corrected chi connectivity index (χ1v) is 8.65. The van der Waals surface area contributed by atoms with Crippen LogP contribution in [0.4, 0.5) is 0 Å². The van der Waals surface area contributed by atoms with Gasteiger partial charge in [0, 0.05) is 6.20 Å². The maximum Gasteiger partial charge on any atom is 0.359 e. The van der Waals surface area contributed by atoms with Crippen molar-refractivity contribution >= 4 is 38.4 Å². The predicted molar refractivity (Wildman–Crippen MR) is 86.9 cm³/mol. The molecule has 9 heteroatoms. The minimum absolute atomic E-state index is 0.0537. The topological polar surface area (TPSA) is 102 Å². The Hall–Kier alpha value is -2.45. The molecule has 0 saturated carbocycles. The number of aryl methyl sites for hydroxylation is 1. The Labute approximate surface area is 142 Å². The summed E-state index contributed by atoms with van der Waals surface area (Å²) >= 11 is 6.02. The third-order valence-electron chi connectivity index (χ3n) is 3.38. The lowest BCUT2D eigenvalue weighted by Gasteiger charge is -2.08. The van der Waals surface area contributed by atoms with E-state index < -0.39 is 21.0 Å². The number of fused-ring (bicyclic) bond motifs is 1. The molecule has 3 rings (SSSR count). The van der Waals surface area contributed by atoms with Crippen molar-refractivity contribution in [1.82, 2.24) is 15.0 Å². The second kappa shape index (κ2) is 5.88. The summed E-state index contributed by atoms with van der Waals surface area (Å²) in [5.74, 6) is -0.767. The number of aromatic nitrogens is 3. The van der Waals surface area contributed by atoms with Gasteiger partial charge in [0.05, 0.1) is 28.1 Å². The average molecular weight is 366 g/mol. The van der Waals surface area contributed by atoms with E-state index in [9.17, 15) is 13.2 Å². The molecule has 2 heterocycles. The van der Waals surface area contributed by atoms with Gasteiger partial charge in [-0.3, -0.25) is 0 Å². The monoisotopic (exact) mass is 365 g/mol. The van der Waals surface area contributed by atoms with Crippen molar-refractivity contribution in [2.24, 2.45) is 0 Å². The molecule has 0 saturated heterocycles. The van der Waals surface area contributed by atoms with Crippen molar-refractivity contribution in [3.63, 3.8) is 0 Å². The van der Waals surface area contributed by atoms with Crippen molar-refractivity contribution in [2.45, 2.75) is 17.0 Å². The van der Waals surface area contributed by atoms with Gasteiger partial charge in [0.2, 0.25) is 9.84 Å². The van der Waals surface area contributed by atoms with Crippen LogP contribution >= 0.6 is 11.6 Å². The molecule has 0 unspecified atom stereocenters. The zero-order valence-corrected chi connectivity index (χ0v) is 14.3. The Morgan fingerprint density at radius 3 is 2.71 bits per heavy atom. The maximum absolute atomic E-state index is 12.9. The lowest BCUT2D eigenvalue weighted by atomic mass is 10.2. The number of sulfone groups is 1. The molecule has 0 aliphatic carbocycles. The SMILES string of the molecule is COC(=O)c1nc(S(=O)(=O)c2cc(C)ccc2Cl)nc2cc[nH]c12. The van der Waals surface area contributed by atoms with Crippen molar-refractivity contribution in [3.05, 3.63) is 46.7 Å². The molecule has 7 nitrogen and oxygen atoms in total. The third-order valence-corrected chi connectivity index (χ3v) is 5.40. The van der Waals surface area contributed by atoms with E-state index >= 15 is 0 Å². The summed E-state index contributed by atoms with van der Waals surface area (Å²) in [6.45, 7) is 1.74. The summed E-state index contributed by atoms with van der Waals surface area (Å²) in [6, 6.07) is 6.15. The van der Waals surface area contributed by atoms with Gasteiger partial charge in [-0.15, -0.1) is 0 Å². The molecular weight excluding hydrogens is 354 g/mol. The number of esters is 1. The number of carbonyl (C=O) groups excluding carboxylic acids is 1. The first-order valence-electron chi connectivity index (χ1n) is 6.79. The van der Waals surface area contributed by atoms with Gasteiger partial charge in [-0.2, -0.15) is 0 Å². The fraction of sp³-hybridized carbons (Fsp3) is 0.133. The summed E-state index contributed by atoms with van der Waals surface area (Å²) < 4.78 is 30.4. The number of hydrogen-bond acceptors (Lipinski definition) is 6. The van der Waals surface area contributed by atoms with E-state index in [1.165, 1.54) is 25.4 Å². The summed E-state index contributed by atoms with van der Waals surface area (Å²) in [4.78, 5) is 22.5. The van der Waals surface area contributed by atoms with Crippen LogP contribution in [-0.4, -0.2) is 36.4 Å². The minimum Gasteiger partial charge on any atom is -0.464 e. The highest BCUT2D eigenvalue weighted by molar-refractivity contribution is 7.91. The van der Waals surface area contributed by atoms with Gasteiger partial charge in [0.15, 0.2) is 5.69 Å². The quantitative estimate of drug-likeness (QED) is 0.565. The number of H-pyrrole nitrogens is 1. The van der Waals surface area contributed by atoms with Crippen molar-refractivity contribution in [1.29, 1.82) is 0 Å². The zero-order chi connectivity index (χ0) is 17.5. The molecule has 1 N–H and O–H groups in total. The Morgan fingerprint density at radius 1 is 1.25 bits per heavy atom. The van der Waals surface area contributed by atoms with Gasteiger partial charge in [-0.25, -0.2) is 23.2 Å². The average Bonchev–Trinajstić information content (AvgIpc) is 3.03. The third kappa shape index (κ3) is 2.63. The largest absolute Gasteiger partial charge is 0.464 e. The number of methoxy groups -OCH3 is 1. The van der Waals surface area contributed by atoms with Crippen LogP contribution in [0.3, 0.4) is 0 Å². The Bertz CT molecular complexity index is 1060. The smallest absolute Gasteiger partial charge is 0.359 e. The van der Waals surface area contributed by atoms with E-state index in [1.807, 2.05) is 0 Å². The summed E-state index contributed by atoms with van der Waals surface area (Å²) in [5.41, 5.74) is 1.15. The van der Waals surface area contributed by atoms with Crippen LogP contribution in [0.5, 0.6) is 0 Å². The van der Waals surface area contributed by atoms with Crippen molar-refractivity contribution in [2.75, 3.05) is 7.11 Å². The van der Waals surface area contributed by atoms with Crippen LogP contribution in [0, 0.1) is 6.92 Å². The van der Waals surface area contributed by atoms with Gasteiger partial charge < -0.3 is 9.72 Å². The second-order valence-electron chi connectivity index (χ2n) is 5.02. The molecule has 0 fully saturated rings. The Morgan fingerprint density at radius 2 is 2.00 bits per heavy atom. The van der Waals surface area contributed by atoms with Gasteiger partial charge in [-0.1, -0.05) is 17.7 Å². The van der Waals surface area contributed by atoms with Gasteiger partial charge in [0.25, 0.3) is 5.16 Å². The number of nitrogens with one attached hydrogen (secondary N) is 1. The van der Waals surface area contributed by atoms with Crippen LogP contribution in [-0.2, 0) is 14.6 Å². The molecule has 0 radical (unpaired) electrons. The second-order valence-corrected chi connectivity index (χ2v) is 7.24. The normalized spacial score (nSPS) is 11.6. The Balaban J connectivity index is 2.29. The maximum atomic E-state index is 12.9. The number of rotatable bonds is 3. The highest BCUT2D eigenvalue weighted by atomic mass is 35.5. The van der Waals surface area contributed by atoms with Gasteiger partial charge in [0.1, 0.15) is 0 Å². The molecule has 24 heavy (non-hydrogen) atoms. The highest BCUT2D eigenvalue weighted by Crippen LogP contribution is 2.28. The fourth-order valence-corrected chi connectivity index (χ4v) is 3.92. The Kier molecular flexibility index (Phi) is 4.02. The number of hydrogen-bond donors (Lipinski definition) is 1. The number of benzene rings is 1. The molecule has 124 valence electrons. The van der Waals surface area contributed by atoms with Crippen LogP contribution in [0.2, 0.25) is 5.02 Å². The lowest BCUT2D eigenvalue weighted by molar-refractivity contribution is 0.0595. The molecule has 0 amide bonds. The molecule has 1 aromatic carbocycles. The summed E-state index contributed by atoms with van der Waals surface area (Å²) in [6.07, 6.45) is 1.53. The summed E-state index contributed by atoms with van der Waals surface area (Å²) in [5, 5.41) is -0.458. The van der Waals surface area contributed by atoms with E-state index in [-0.39, 0.29) is 21.1 Å². The lowest BCUT2D eigenvalue weighted by Crippen LogP contribution is -2.13. The molecular formula is C15H12ClN3O4S. The van der Waals surface area contributed by atoms with E-state index in [0.717, 1.165) is 0 Å². The molecule has 3 aromatic rings. The number of ether oxygens (including phenoxy) is 1. The predicted octanol–water partition coefficient (Wildman–Crippen LogP) is 2.54. The molecule has 0 bridgehead atoms. The number of carbonyl (C=O) groups is 1. The number of nitrogens with zero attached hydrogens (tertiary/aromatic N) is 2. The number of aromatic amines is 1. The summed E-state index contributed by atoms with van der Waals surface area (Å²) in [7, 11) is -2.92. The van der Waals surface area contributed by atoms with Crippen LogP contribution in [0.25, 0.3) is 11.0 Å². The van der Waals surface area contributed by atoms with Crippen molar-refractivity contribution in [3.8, 4) is 0 Å². The first-order chi connectivity index (χ1) is 11.3. The van der Waals surface area contributed by atoms with Crippen LogP contribution in [0.1, 0.15) is 16.1 Å².